The quantitative estimate of drug-likeness (QED) is 0.0656. The molecule has 2 rings (SSSR count). The van der Waals surface area contributed by atoms with Gasteiger partial charge in [-0.15, -0.1) is 0 Å². The molecule has 2 fully saturated rings. The van der Waals surface area contributed by atoms with E-state index in [9.17, 15) is 28.8 Å². The molecular weight excluding hydrogens is 638 g/mol. The fourth-order valence-electron chi connectivity index (χ4n) is 6.22. The second-order valence-corrected chi connectivity index (χ2v) is 14.5. The molecule has 0 aliphatic heterocycles. The lowest BCUT2D eigenvalue weighted by atomic mass is 9.81. The molecule has 2 aliphatic rings. The van der Waals surface area contributed by atoms with E-state index >= 15 is 0 Å². The van der Waals surface area contributed by atoms with Gasteiger partial charge < -0.3 is 33.7 Å². The first-order chi connectivity index (χ1) is 23.5. The highest BCUT2D eigenvalue weighted by atomic mass is 16.6. The summed E-state index contributed by atoms with van der Waals surface area (Å²) < 4.78 is 31.8. The minimum Gasteiger partial charge on any atom is -0.467 e. The van der Waals surface area contributed by atoms with Crippen LogP contribution in [0.25, 0.3) is 0 Å². The van der Waals surface area contributed by atoms with Gasteiger partial charge in [0.05, 0.1) is 35.5 Å². The van der Waals surface area contributed by atoms with Crippen molar-refractivity contribution < 1.29 is 57.2 Å². The predicted octanol–water partition coefficient (Wildman–Crippen LogP) is 4.32. The van der Waals surface area contributed by atoms with Crippen LogP contribution in [-0.2, 0) is 57.2 Å². The van der Waals surface area contributed by atoms with E-state index in [0.29, 0.717) is 24.8 Å². The van der Waals surface area contributed by atoms with Gasteiger partial charge in [0.25, 0.3) is 12.9 Å². The van der Waals surface area contributed by atoms with Crippen molar-refractivity contribution in [2.45, 2.75) is 105 Å². The molecule has 0 spiro atoms. The number of nitrogens with one attached hydrogen (secondary N) is 1. The minimum absolute atomic E-state index is 0.0205. The van der Waals surface area contributed by atoms with Crippen molar-refractivity contribution in [1.29, 1.82) is 0 Å². The number of hydrogen-bond donors (Lipinski definition) is 1. The van der Waals surface area contributed by atoms with Gasteiger partial charge in [0.15, 0.2) is 0 Å². The molecule has 0 radical (unpaired) electrons. The number of carbonyl (C=O) groups is 6. The Balaban J connectivity index is 1.67. The third-order valence-corrected chi connectivity index (χ3v) is 9.82. The average Bonchev–Trinajstić information content (AvgIpc) is 3.12. The van der Waals surface area contributed by atoms with Crippen LogP contribution in [0.15, 0.2) is 0 Å². The van der Waals surface area contributed by atoms with Crippen LogP contribution in [0, 0.1) is 34.5 Å². The van der Waals surface area contributed by atoms with Gasteiger partial charge in [-0.1, -0.05) is 26.7 Å². The van der Waals surface area contributed by atoms with E-state index < -0.39 is 22.8 Å². The maximum absolute atomic E-state index is 12.6. The standard InChI is InChI=1S/C36H59NO12/c1-5-27-7-11-29(12-8-27)33(42)48-23-35(3,19-44-25-38)21-46-31(40)15-17-37-18-16-32(41)47-22-36(4,20-45-26-39)24-49-34(43)30-13-9-28(6-2)10-14-30/h25-30,37H,5-24H2,1-4H3. The van der Waals surface area contributed by atoms with Gasteiger partial charge in [0.1, 0.15) is 39.6 Å². The summed E-state index contributed by atoms with van der Waals surface area (Å²) in [6, 6.07) is 0. The van der Waals surface area contributed by atoms with Gasteiger partial charge in [-0.05, 0) is 77.0 Å². The van der Waals surface area contributed by atoms with E-state index in [0.717, 1.165) is 64.2 Å². The molecular formula is C36H59NO12. The van der Waals surface area contributed by atoms with Gasteiger partial charge in [0.2, 0.25) is 0 Å². The number of esters is 4. The Kier molecular flexibility index (Phi) is 19.3. The summed E-state index contributed by atoms with van der Waals surface area (Å²) in [6.07, 6.45) is 9.46. The average molecular weight is 698 g/mol. The molecule has 0 amide bonds. The van der Waals surface area contributed by atoms with Crippen LogP contribution < -0.4 is 5.32 Å². The number of rotatable bonds is 24. The smallest absolute Gasteiger partial charge is 0.308 e. The van der Waals surface area contributed by atoms with Gasteiger partial charge in [-0.25, -0.2) is 0 Å². The van der Waals surface area contributed by atoms with Crippen LogP contribution in [0.1, 0.15) is 105 Å². The SMILES string of the molecule is CCC1CCC(C(=O)OCC(C)(COC=O)COC(=O)CCNCCC(=O)OCC(C)(COC=O)COC(=O)C2CCC(CC)CC2)CC1. The molecule has 2 aliphatic carbocycles. The highest BCUT2D eigenvalue weighted by Gasteiger charge is 2.34. The van der Waals surface area contributed by atoms with E-state index in [1.165, 1.54) is 0 Å². The molecule has 13 heteroatoms. The lowest BCUT2D eigenvalue weighted by molar-refractivity contribution is -0.162. The van der Waals surface area contributed by atoms with Crippen molar-refractivity contribution in [3.8, 4) is 0 Å². The molecule has 49 heavy (non-hydrogen) atoms. The fraction of sp³-hybridized carbons (Fsp3) is 0.833. The molecule has 2 unspecified atom stereocenters. The topological polar surface area (TPSA) is 170 Å². The van der Waals surface area contributed by atoms with Crippen LogP contribution in [0.5, 0.6) is 0 Å². The normalized spacial score (nSPS) is 23.1. The van der Waals surface area contributed by atoms with Crippen molar-refractivity contribution in [1.82, 2.24) is 5.32 Å². The van der Waals surface area contributed by atoms with Crippen molar-refractivity contribution in [2.75, 3.05) is 52.7 Å². The minimum atomic E-state index is -0.901. The Bertz CT molecular complexity index is 957. The molecule has 0 bridgehead atoms. The monoisotopic (exact) mass is 697 g/mol. The Hall–Kier alpha value is -3.22. The maximum atomic E-state index is 12.6. The van der Waals surface area contributed by atoms with Gasteiger partial charge in [-0.2, -0.15) is 0 Å². The summed E-state index contributed by atoms with van der Waals surface area (Å²) in [5.41, 5.74) is -1.80. The molecule has 0 heterocycles. The van der Waals surface area contributed by atoms with Crippen LogP contribution in [0.2, 0.25) is 0 Å². The summed E-state index contributed by atoms with van der Waals surface area (Å²) in [6.45, 7) is 8.35. The first-order valence-electron chi connectivity index (χ1n) is 17.9. The zero-order valence-corrected chi connectivity index (χ0v) is 30.0. The molecule has 1 N–H and O–H groups in total. The highest BCUT2D eigenvalue weighted by Crippen LogP contribution is 2.33. The molecule has 13 nitrogen and oxygen atoms in total. The molecule has 0 aromatic carbocycles. The van der Waals surface area contributed by atoms with Gasteiger partial charge >= 0.3 is 23.9 Å². The Labute approximate surface area is 291 Å². The molecule has 0 aromatic rings. The zero-order valence-electron chi connectivity index (χ0n) is 30.0. The second-order valence-electron chi connectivity index (χ2n) is 14.5. The van der Waals surface area contributed by atoms with Crippen molar-refractivity contribution in [2.24, 2.45) is 34.5 Å². The van der Waals surface area contributed by atoms with E-state index in [4.69, 9.17) is 28.4 Å². The number of ether oxygens (including phenoxy) is 6. The van der Waals surface area contributed by atoms with E-state index in [-0.39, 0.29) is 89.3 Å². The van der Waals surface area contributed by atoms with E-state index in [2.05, 4.69) is 19.2 Å². The van der Waals surface area contributed by atoms with Crippen LogP contribution in [0.4, 0.5) is 0 Å². The molecule has 2 saturated carbocycles. The molecule has 0 aromatic heterocycles. The third-order valence-electron chi connectivity index (χ3n) is 9.82. The molecule has 2 atom stereocenters. The molecule has 0 saturated heterocycles. The van der Waals surface area contributed by atoms with Gasteiger partial charge in [-0.3, -0.25) is 28.8 Å². The maximum Gasteiger partial charge on any atom is 0.308 e. The van der Waals surface area contributed by atoms with E-state index in [1.54, 1.807) is 13.8 Å². The fourth-order valence-corrected chi connectivity index (χ4v) is 6.22. The third kappa shape index (κ3) is 16.4. The summed E-state index contributed by atoms with van der Waals surface area (Å²) in [7, 11) is 0. The predicted molar refractivity (Wildman–Crippen MR) is 178 cm³/mol. The Morgan fingerprint density at radius 1 is 0.571 bits per heavy atom. The summed E-state index contributed by atoms with van der Waals surface area (Å²) in [5.74, 6) is -0.541. The van der Waals surface area contributed by atoms with Crippen LogP contribution >= 0.6 is 0 Å². The van der Waals surface area contributed by atoms with Crippen LogP contribution in [-0.4, -0.2) is 89.6 Å². The Morgan fingerprint density at radius 3 is 1.24 bits per heavy atom. The summed E-state index contributed by atoms with van der Waals surface area (Å²) in [5, 5.41) is 3.00. The second kappa shape index (κ2) is 22.5. The summed E-state index contributed by atoms with van der Waals surface area (Å²) in [4.78, 5) is 71.7. The van der Waals surface area contributed by atoms with Crippen LogP contribution in [0.3, 0.4) is 0 Å². The first kappa shape index (κ1) is 41.9. The van der Waals surface area contributed by atoms with Crippen molar-refractivity contribution in [3.05, 3.63) is 0 Å². The number of hydrogen-bond acceptors (Lipinski definition) is 13. The van der Waals surface area contributed by atoms with Gasteiger partial charge in [0, 0.05) is 13.1 Å². The highest BCUT2D eigenvalue weighted by molar-refractivity contribution is 5.73. The van der Waals surface area contributed by atoms with E-state index in [1.807, 2.05) is 0 Å². The lowest BCUT2D eigenvalue weighted by Crippen LogP contribution is -2.37. The zero-order chi connectivity index (χ0) is 36.1. The largest absolute Gasteiger partial charge is 0.467 e. The summed E-state index contributed by atoms with van der Waals surface area (Å²) >= 11 is 0. The number of carbonyl (C=O) groups excluding carboxylic acids is 6. The lowest BCUT2D eigenvalue weighted by Gasteiger charge is -2.30. The first-order valence-corrected chi connectivity index (χ1v) is 17.9. The van der Waals surface area contributed by atoms with Crippen molar-refractivity contribution >= 4 is 36.8 Å². The van der Waals surface area contributed by atoms with Crippen molar-refractivity contribution in [3.63, 3.8) is 0 Å². The molecule has 280 valence electrons. The Morgan fingerprint density at radius 2 is 0.918 bits per heavy atom.